The Morgan fingerprint density at radius 1 is 1.45 bits per heavy atom. The number of guanidine groups is 1. The van der Waals surface area contributed by atoms with Crippen molar-refractivity contribution in [3.8, 4) is 0 Å². The molecule has 0 spiro atoms. The lowest BCUT2D eigenvalue weighted by molar-refractivity contribution is 0.0531. The second kappa shape index (κ2) is 8.90. The summed E-state index contributed by atoms with van der Waals surface area (Å²) in [4.78, 5) is 21.4. The van der Waals surface area contributed by atoms with Crippen LogP contribution in [0.2, 0.25) is 0 Å². The molecule has 0 amide bonds. The molecule has 1 aliphatic carbocycles. The first-order valence-corrected chi connectivity index (χ1v) is 10.6. The van der Waals surface area contributed by atoms with E-state index in [4.69, 9.17) is 4.74 Å². The van der Waals surface area contributed by atoms with Crippen LogP contribution in [0.15, 0.2) is 29.3 Å². The van der Waals surface area contributed by atoms with E-state index < -0.39 is 0 Å². The average molecular weight is 419 g/mol. The molecule has 1 heterocycles. The number of nitrogens with zero attached hydrogens (tertiary/aromatic N) is 2. The van der Waals surface area contributed by atoms with Crippen molar-refractivity contribution in [2.24, 2.45) is 4.99 Å². The summed E-state index contributed by atoms with van der Waals surface area (Å²) in [5.41, 5.74) is 1.64. The highest BCUT2D eigenvalue weighted by atomic mass is 32.1. The van der Waals surface area contributed by atoms with Gasteiger partial charge in [0.25, 0.3) is 0 Å². The SMILES string of the molecule is CCOC(=O)c1sc(C(C)NC(=NC)NCC2(c3cccc(F)c3)CC2)nc1C. The fourth-order valence-electron chi connectivity index (χ4n) is 3.24. The van der Waals surface area contributed by atoms with Gasteiger partial charge in [0, 0.05) is 19.0 Å². The predicted molar refractivity (Wildman–Crippen MR) is 113 cm³/mol. The van der Waals surface area contributed by atoms with Crippen LogP contribution in [-0.2, 0) is 10.2 Å². The van der Waals surface area contributed by atoms with Crippen LogP contribution >= 0.6 is 11.3 Å². The van der Waals surface area contributed by atoms with Gasteiger partial charge in [0.2, 0.25) is 0 Å². The fourth-order valence-corrected chi connectivity index (χ4v) is 4.20. The molecule has 0 bridgehead atoms. The zero-order valence-electron chi connectivity index (χ0n) is 17.2. The Bertz CT molecular complexity index is 908. The van der Waals surface area contributed by atoms with Crippen molar-refractivity contribution in [3.63, 3.8) is 0 Å². The van der Waals surface area contributed by atoms with E-state index in [9.17, 15) is 9.18 Å². The highest BCUT2D eigenvalue weighted by molar-refractivity contribution is 7.13. The van der Waals surface area contributed by atoms with Gasteiger partial charge in [-0.3, -0.25) is 4.99 Å². The van der Waals surface area contributed by atoms with Crippen molar-refractivity contribution in [1.82, 2.24) is 15.6 Å². The molecule has 2 aromatic rings. The van der Waals surface area contributed by atoms with Gasteiger partial charge in [-0.05, 0) is 51.3 Å². The predicted octanol–water partition coefficient (Wildman–Crippen LogP) is 3.73. The molecule has 2 N–H and O–H groups in total. The molecule has 8 heteroatoms. The van der Waals surface area contributed by atoms with Gasteiger partial charge in [0.05, 0.1) is 18.3 Å². The minimum atomic E-state index is -0.339. The summed E-state index contributed by atoms with van der Waals surface area (Å²) in [6.45, 7) is 6.57. The Hall–Kier alpha value is -2.48. The summed E-state index contributed by atoms with van der Waals surface area (Å²) in [5.74, 6) is 0.0985. The Balaban J connectivity index is 1.62. The van der Waals surface area contributed by atoms with E-state index >= 15 is 0 Å². The molecule has 1 saturated carbocycles. The van der Waals surface area contributed by atoms with Crippen LogP contribution in [0.3, 0.4) is 0 Å². The van der Waals surface area contributed by atoms with E-state index in [0.717, 1.165) is 23.4 Å². The first kappa shape index (κ1) is 21.2. The van der Waals surface area contributed by atoms with Crippen molar-refractivity contribution in [3.05, 3.63) is 51.2 Å². The summed E-state index contributed by atoms with van der Waals surface area (Å²) in [6.07, 6.45) is 2.04. The number of aliphatic imine (C=N–C) groups is 1. The summed E-state index contributed by atoms with van der Waals surface area (Å²) in [5, 5.41) is 7.47. The third-order valence-corrected chi connectivity index (χ3v) is 6.43. The van der Waals surface area contributed by atoms with E-state index in [0.29, 0.717) is 29.7 Å². The van der Waals surface area contributed by atoms with Gasteiger partial charge >= 0.3 is 5.97 Å². The first-order chi connectivity index (χ1) is 13.9. The van der Waals surface area contributed by atoms with Gasteiger partial charge in [-0.2, -0.15) is 0 Å². The molecule has 1 aromatic heterocycles. The van der Waals surface area contributed by atoms with Gasteiger partial charge in [-0.25, -0.2) is 14.2 Å². The molecule has 0 saturated heterocycles. The topological polar surface area (TPSA) is 75.6 Å². The molecular weight excluding hydrogens is 391 g/mol. The highest BCUT2D eigenvalue weighted by Crippen LogP contribution is 2.47. The van der Waals surface area contributed by atoms with E-state index in [1.165, 1.54) is 17.4 Å². The van der Waals surface area contributed by atoms with E-state index in [1.807, 2.05) is 19.9 Å². The molecule has 1 aliphatic rings. The number of carbonyl (C=O) groups is 1. The molecule has 1 aromatic carbocycles. The number of carbonyl (C=O) groups excluding carboxylic acids is 1. The van der Waals surface area contributed by atoms with E-state index in [-0.39, 0.29) is 23.2 Å². The average Bonchev–Trinajstić information content (AvgIpc) is 3.39. The Labute approximate surface area is 174 Å². The van der Waals surface area contributed by atoms with Crippen LogP contribution < -0.4 is 10.6 Å². The third-order valence-electron chi connectivity index (χ3n) is 5.11. The van der Waals surface area contributed by atoms with Crippen LogP contribution in [-0.4, -0.2) is 37.1 Å². The summed E-state index contributed by atoms with van der Waals surface area (Å²) in [6, 6.07) is 6.69. The maximum atomic E-state index is 13.6. The van der Waals surface area contributed by atoms with E-state index in [2.05, 4.69) is 20.6 Å². The van der Waals surface area contributed by atoms with Crippen molar-refractivity contribution in [2.75, 3.05) is 20.2 Å². The fraction of sp³-hybridized carbons (Fsp3) is 0.476. The van der Waals surface area contributed by atoms with Crippen molar-refractivity contribution in [2.45, 2.75) is 45.1 Å². The van der Waals surface area contributed by atoms with Crippen LogP contribution in [0.1, 0.15) is 58.7 Å². The summed E-state index contributed by atoms with van der Waals surface area (Å²) < 4.78 is 18.7. The summed E-state index contributed by atoms with van der Waals surface area (Å²) >= 11 is 1.33. The number of esters is 1. The summed E-state index contributed by atoms with van der Waals surface area (Å²) in [7, 11) is 1.71. The lowest BCUT2D eigenvalue weighted by atomic mass is 9.96. The molecule has 3 rings (SSSR count). The quantitative estimate of drug-likeness (QED) is 0.407. The third kappa shape index (κ3) is 4.93. The van der Waals surface area contributed by atoms with Crippen molar-refractivity contribution in [1.29, 1.82) is 0 Å². The van der Waals surface area contributed by atoms with Gasteiger partial charge in [-0.15, -0.1) is 11.3 Å². The van der Waals surface area contributed by atoms with Crippen molar-refractivity contribution < 1.29 is 13.9 Å². The number of halogens is 1. The second-order valence-electron chi connectivity index (χ2n) is 7.27. The van der Waals surface area contributed by atoms with Crippen molar-refractivity contribution >= 4 is 23.3 Å². The Morgan fingerprint density at radius 3 is 2.83 bits per heavy atom. The number of hydrogen-bond acceptors (Lipinski definition) is 5. The number of nitrogens with one attached hydrogen (secondary N) is 2. The molecule has 6 nitrogen and oxygen atoms in total. The largest absolute Gasteiger partial charge is 0.462 e. The molecule has 29 heavy (non-hydrogen) atoms. The molecule has 1 fully saturated rings. The molecule has 0 radical (unpaired) electrons. The second-order valence-corrected chi connectivity index (χ2v) is 8.30. The van der Waals surface area contributed by atoms with Gasteiger partial charge in [0.1, 0.15) is 15.7 Å². The van der Waals surface area contributed by atoms with Crippen LogP contribution in [0, 0.1) is 12.7 Å². The van der Waals surface area contributed by atoms with Gasteiger partial charge < -0.3 is 15.4 Å². The maximum Gasteiger partial charge on any atom is 0.350 e. The Kier molecular flexibility index (Phi) is 6.52. The van der Waals surface area contributed by atoms with Gasteiger partial charge in [0.15, 0.2) is 5.96 Å². The number of thiazole rings is 1. The van der Waals surface area contributed by atoms with Crippen LogP contribution in [0.5, 0.6) is 0 Å². The maximum absolute atomic E-state index is 13.6. The number of aromatic nitrogens is 1. The van der Waals surface area contributed by atoms with Crippen LogP contribution in [0.25, 0.3) is 0 Å². The lowest BCUT2D eigenvalue weighted by Gasteiger charge is -2.21. The molecule has 1 unspecified atom stereocenters. The highest BCUT2D eigenvalue weighted by Gasteiger charge is 2.44. The number of benzene rings is 1. The zero-order valence-corrected chi connectivity index (χ0v) is 18.0. The van der Waals surface area contributed by atoms with E-state index in [1.54, 1.807) is 26.1 Å². The molecule has 156 valence electrons. The smallest absolute Gasteiger partial charge is 0.350 e. The minimum absolute atomic E-state index is 0.0438. The normalized spacial score (nSPS) is 16.2. The lowest BCUT2D eigenvalue weighted by Crippen LogP contribution is -2.42. The number of aryl methyl sites for hydroxylation is 1. The standard InChI is InChI=1S/C21H27FN4O2S/c1-5-28-19(27)17-13(2)25-18(29-17)14(3)26-20(23-4)24-12-21(9-10-21)15-7-6-8-16(22)11-15/h6-8,11,14H,5,9-10,12H2,1-4H3,(H2,23,24,26). The zero-order chi connectivity index (χ0) is 21.0. The Morgan fingerprint density at radius 2 is 2.21 bits per heavy atom. The monoisotopic (exact) mass is 418 g/mol. The number of rotatable bonds is 7. The minimum Gasteiger partial charge on any atom is -0.462 e. The first-order valence-electron chi connectivity index (χ1n) is 9.76. The molecule has 0 aliphatic heterocycles. The van der Waals surface area contributed by atoms with Gasteiger partial charge in [-0.1, -0.05) is 12.1 Å². The molecule has 1 atom stereocenters. The number of hydrogen-bond donors (Lipinski definition) is 2. The van der Waals surface area contributed by atoms with Crippen LogP contribution in [0.4, 0.5) is 4.39 Å². The molecular formula is C21H27FN4O2S. The number of ether oxygens (including phenoxy) is 1.